The number of carbonyl (C=O) groups is 1. The summed E-state index contributed by atoms with van der Waals surface area (Å²) in [7, 11) is -1.38. The molecule has 1 aromatic rings. The van der Waals surface area contributed by atoms with Crippen LogP contribution in [0.3, 0.4) is 0 Å². The second-order valence-corrected chi connectivity index (χ2v) is 13.1. The molecule has 0 spiro atoms. The minimum atomic E-state index is -1.38. The maximum absolute atomic E-state index is 15.0. The number of benzene rings is 1. The smallest absolute Gasteiger partial charge is 0.479 e. The molecular weight excluding hydrogens is 506 g/mol. The summed E-state index contributed by atoms with van der Waals surface area (Å²) < 4.78 is 31.7. The van der Waals surface area contributed by atoms with E-state index in [0.717, 1.165) is 19.3 Å². The van der Waals surface area contributed by atoms with Gasteiger partial charge in [0.2, 0.25) is 0 Å². The molecule has 5 rings (SSSR count). The van der Waals surface area contributed by atoms with Gasteiger partial charge in [0.25, 0.3) is 0 Å². The number of ether oxygens (including phenoxy) is 2. The Hall–Kier alpha value is -1.72. The van der Waals surface area contributed by atoms with Gasteiger partial charge in [0, 0.05) is 17.5 Å². The molecule has 3 saturated carbocycles. The third kappa shape index (κ3) is 4.42. The number of halogens is 1. The van der Waals surface area contributed by atoms with Crippen molar-refractivity contribution in [2.45, 2.75) is 91.1 Å². The predicted octanol–water partition coefficient (Wildman–Crippen LogP) is 2.32. The van der Waals surface area contributed by atoms with Crippen LogP contribution in [0.15, 0.2) is 12.1 Å². The molecular formula is C29H42BFO8. The van der Waals surface area contributed by atoms with Crippen LogP contribution in [0, 0.1) is 39.8 Å². The molecule has 1 aliphatic heterocycles. The number of hydrogen-bond acceptors (Lipinski definition) is 8. The van der Waals surface area contributed by atoms with E-state index in [9.17, 15) is 29.5 Å². The van der Waals surface area contributed by atoms with Gasteiger partial charge in [-0.1, -0.05) is 33.8 Å². The number of fused-ring (bicyclic) bond motifs is 1. The van der Waals surface area contributed by atoms with E-state index in [1.54, 1.807) is 6.07 Å². The van der Waals surface area contributed by atoms with Gasteiger partial charge in [-0.2, -0.15) is 0 Å². The lowest BCUT2D eigenvalue weighted by atomic mass is 9.43. The van der Waals surface area contributed by atoms with Gasteiger partial charge in [-0.3, -0.25) is 0 Å². The van der Waals surface area contributed by atoms with Crippen molar-refractivity contribution in [3.63, 3.8) is 0 Å². The number of hydrogen-bond donors (Lipinski definition) is 4. The first kappa shape index (κ1) is 28.8. The van der Waals surface area contributed by atoms with E-state index in [-0.39, 0.29) is 47.6 Å². The molecule has 8 nitrogen and oxygen atoms in total. The second kappa shape index (κ2) is 10.3. The van der Waals surface area contributed by atoms with Gasteiger partial charge < -0.3 is 34.5 Å². The van der Waals surface area contributed by atoms with Crippen LogP contribution < -0.4 is 10.2 Å². The van der Waals surface area contributed by atoms with Crippen molar-refractivity contribution in [2.75, 3.05) is 13.2 Å². The van der Waals surface area contributed by atoms with Gasteiger partial charge in [0.15, 0.2) is 18.2 Å². The van der Waals surface area contributed by atoms with Crippen LogP contribution in [0.2, 0.25) is 0 Å². The average molecular weight is 548 g/mol. The molecule has 2 bridgehead atoms. The first-order valence-electron chi connectivity index (χ1n) is 14.3. The molecule has 216 valence electrons. The van der Waals surface area contributed by atoms with Crippen LogP contribution in [0.5, 0.6) is 5.75 Å². The third-order valence-corrected chi connectivity index (χ3v) is 11.3. The van der Waals surface area contributed by atoms with Crippen molar-refractivity contribution in [3.05, 3.63) is 23.5 Å². The maximum Gasteiger partial charge on any atom is 0.494 e. The minimum Gasteiger partial charge on any atom is -0.479 e. The highest BCUT2D eigenvalue weighted by Crippen LogP contribution is 2.69. The first-order valence-corrected chi connectivity index (χ1v) is 14.3. The summed E-state index contributed by atoms with van der Waals surface area (Å²) in [5, 5.41) is 42.9. The zero-order valence-electron chi connectivity index (χ0n) is 23.4. The van der Waals surface area contributed by atoms with Gasteiger partial charge in [0.05, 0.1) is 18.8 Å². The topological polar surface area (TPSA) is 126 Å². The van der Waals surface area contributed by atoms with Crippen molar-refractivity contribution in [1.82, 2.24) is 0 Å². The minimum absolute atomic E-state index is 0.0128. The molecule has 4 aliphatic rings. The van der Waals surface area contributed by atoms with Crippen LogP contribution >= 0.6 is 0 Å². The SMILES string of the molecule is C[C@@H]1CC[C@@]23CCC(O)[C@H]2[C@]1(C)[C@H](OC(=O)COc1ccc2c(c1F)B(O)OC2)C[C@@](C)(CCO)[C@@H](O)[C@@H]3C. The zero-order valence-corrected chi connectivity index (χ0v) is 23.4. The van der Waals surface area contributed by atoms with E-state index >= 15 is 0 Å². The Morgan fingerprint density at radius 1 is 1.21 bits per heavy atom. The summed E-state index contributed by atoms with van der Waals surface area (Å²) in [5.41, 5.74) is -1.05. The zero-order chi connectivity index (χ0) is 28.3. The fourth-order valence-electron chi connectivity index (χ4n) is 8.85. The van der Waals surface area contributed by atoms with Gasteiger partial charge in [-0.25, -0.2) is 9.18 Å². The quantitative estimate of drug-likeness (QED) is 0.316. The van der Waals surface area contributed by atoms with E-state index in [4.69, 9.17) is 14.1 Å². The predicted molar refractivity (Wildman–Crippen MR) is 141 cm³/mol. The largest absolute Gasteiger partial charge is 0.494 e. The van der Waals surface area contributed by atoms with Crippen molar-refractivity contribution < 1.29 is 43.7 Å². The molecule has 39 heavy (non-hydrogen) atoms. The fraction of sp³-hybridized carbons (Fsp3) is 0.759. The van der Waals surface area contributed by atoms with Crippen molar-refractivity contribution in [2.24, 2.45) is 34.0 Å². The Balaban J connectivity index is 1.44. The standard InChI is InChI=1S/C29H42BFO8/c1-16-7-9-29-10-8-19(33)25(29)28(16,4)21(13-27(3,11-12-32)26(35)17(29)2)39-22(34)15-37-20-6-5-18-14-38-30(36)23(18)24(20)31/h5-6,16-17,19,21,25-26,32-33,35-36H,7-15H2,1-4H3/t16-,17+,19?,21-,25+,26+,27-,28+,29+/m1/s1. The Kier molecular flexibility index (Phi) is 7.59. The lowest BCUT2D eigenvalue weighted by Crippen LogP contribution is -2.64. The van der Waals surface area contributed by atoms with Crippen LogP contribution in [0.25, 0.3) is 0 Å². The molecule has 0 amide bonds. The molecule has 0 saturated heterocycles. The summed E-state index contributed by atoms with van der Waals surface area (Å²) in [4.78, 5) is 13.3. The van der Waals surface area contributed by atoms with Crippen LogP contribution in [0.4, 0.5) is 4.39 Å². The van der Waals surface area contributed by atoms with E-state index in [1.807, 2.05) is 6.92 Å². The van der Waals surface area contributed by atoms with Gasteiger partial charge in [-0.05, 0) is 78.7 Å². The monoisotopic (exact) mass is 548 g/mol. The molecule has 0 aromatic heterocycles. The first-order chi connectivity index (χ1) is 18.4. The number of rotatable bonds is 6. The lowest BCUT2D eigenvalue weighted by molar-refractivity contribution is -0.226. The summed E-state index contributed by atoms with van der Waals surface area (Å²) in [5.74, 6) is -1.74. The highest BCUT2D eigenvalue weighted by Gasteiger charge is 2.68. The summed E-state index contributed by atoms with van der Waals surface area (Å²) in [6.45, 7) is 7.72. The van der Waals surface area contributed by atoms with Crippen molar-refractivity contribution in [3.8, 4) is 5.75 Å². The number of aliphatic hydroxyl groups excluding tert-OH is 3. The average Bonchev–Trinajstić information content (AvgIpc) is 3.45. The van der Waals surface area contributed by atoms with E-state index in [2.05, 4.69) is 20.8 Å². The Bertz CT molecular complexity index is 1100. The highest BCUT2D eigenvalue weighted by atomic mass is 19.1. The van der Waals surface area contributed by atoms with E-state index < -0.39 is 54.7 Å². The fourth-order valence-corrected chi connectivity index (χ4v) is 8.85. The summed E-state index contributed by atoms with van der Waals surface area (Å²) in [6.07, 6.45) is 1.91. The maximum atomic E-state index is 15.0. The number of aliphatic hydroxyl groups is 3. The Morgan fingerprint density at radius 3 is 2.64 bits per heavy atom. The summed E-state index contributed by atoms with van der Waals surface area (Å²) in [6, 6.07) is 3.00. The Labute approximate surface area is 230 Å². The van der Waals surface area contributed by atoms with Gasteiger partial charge in [0.1, 0.15) is 6.10 Å². The van der Waals surface area contributed by atoms with E-state index in [0.29, 0.717) is 24.8 Å². The molecule has 1 heterocycles. The molecule has 3 fully saturated rings. The molecule has 3 aliphatic carbocycles. The molecule has 0 radical (unpaired) electrons. The third-order valence-electron chi connectivity index (χ3n) is 11.3. The van der Waals surface area contributed by atoms with Gasteiger partial charge >= 0.3 is 13.1 Å². The van der Waals surface area contributed by atoms with Crippen LogP contribution in [-0.2, 0) is 20.8 Å². The highest BCUT2D eigenvalue weighted by molar-refractivity contribution is 6.61. The molecule has 10 heteroatoms. The van der Waals surface area contributed by atoms with E-state index in [1.165, 1.54) is 6.07 Å². The normalized spacial score (nSPS) is 41.4. The Morgan fingerprint density at radius 2 is 1.92 bits per heavy atom. The van der Waals surface area contributed by atoms with Crippen molar-refractivity contribution >= 4 is 18.6 Å². The van der Waals surface area contributed by atoms with Crippen LogP contribution in [-0.4, -0.2) is 65.0 Å². The number of carbonyl (C=O) groups excluding carboxylic acids is 1. The molecule has 1 aromatic carbocycles. The molecule has 4 N–H and O–H groups in total. The van der Waals surface area contributed by atoms with Crippen molar-refractivity contribution in [1.29, 1.82) is 0 Å². The second-order valence-electron chi connectivity index (χ2n) is 13.1. The summed E-state index contributed by atoms with van der Waals surface area (Å²) >= 11 is 0. The van der Waals surface area contributed by atoms with Gasteiger partial charge in [-0.15, -0.1) is 0 Å². The molecule has 1 unspecified atom stereocenters. The molecule has 9 atom stereocenters. The lowest BCUT2D eigenvalue weighted by Gasteiger charge is -2.63. The number of esters is 1. The van der Waals surface area contributed by atoms with Crippen LogP contribution in [0.1, 0.15) is 71.8 Å².